The van der Waals surface area contributed by atoms with Crippen LogP contribution in [0.15, 0.2) is 0 Å². The molecule has 1 nitrogen and oxygen atoms in total. The second-order valence-electron chi connectivity index (χ2n) is 0. The fourth-order valence-electron chi connectivity index (χ4n) is 0. The summed E-state index contributed by atoms with van der Waals surface area (Å²) < 4.78 is 0. The molecule has 0 aromatic heterocycles. The van der Waals surface area contributed by atoms with Gasteiger partial charge in [0.2, 0.25) is 0 Å². The van der Waals surface area contributed by atoms with Gasteiger partial charge in [-0.25, -0.2) is 0 Å². The van der Waals surface area contributed by atoms with Crippen LogP contribution in [0, 0.1) is 0 Å². The van der Waals surface area contributed by atoms with Gasteiger partial charge in [-0.1, -0.05) is 7.43 Å². The van der Waals surface area contributed by atoms with Crippen LogP contribution >= 0.6 is 0 Å². The van der Waals surface area contributed by atoms with E-state index in [4.69, 9.17) is 0 Å². The number of rotatable bonds is 0. The molecule has 0 aromatic rings. The van der Waals surface area contributed by atoms with Crippen LogP contribution in [0.4, 0.5) is 0 Å². The van der Waals surface area contributed by atoms with Gasteiger partial charge in [-0.05, 0) is 11.0 Å². The van der Waals surface area contributed by atoms with Crippen molar-refractivity contribution in [2.75, 3.05) is 0 Å². The second-order valence-corrected chi connectivity index (χ2v) is 0. The average Bonchev–Trinajstić information content (AvgIpc) is 0. The maximum absolute atomic E-state index is 0. The molecule has 6 heavy (non-hydrogen) atoms. The number of hydrogen-bond acceptors (Lipinski definition) is 1. The first kappa shape index (κ1) is 124. The molecule has 37 valence electrons. The summed E-state index contributed by atoms with van der Waals surface area (Å²) in [5, 5.41) is 0. The van der Waals surface area contributed by atoms with Crippen LogP contribution in [0.3, 0.4) is 0 Å². The average molecular weight is 197 g/mol. The Labute approximate surface area is 76.1 Å². The van der Waals surface area contributed by atoms with Crippen molar-refractivity contribution in [2.24, 2.45) is 0 Å². The first-order valence-corrected chi connectivity index (χ1v) is 0. The Morgan fingerprint density at radius 1 is 1.00 bits per heavy atom. The smallest absolute Gasteiger partial charge is 0.187 e. The van der Waals surface area contributed by atoms with Crippen molar-refractivity contribution < 1.29 is 26.2 Å². The van der Waals surface area contributed by atoms with Gasteiger partial charge in [-0.3, -0.25) is 0 Å². The van der Waals surface area contributed by atoms with Crippen LogP contribution < -0.4 is 6.15 Å². The molecule has 0 bridgehead atoms. The van der Waals surface area contributed by atoms with Gasteiger partial charge in [0.05, 0.1) is 0 Å². The quantitative estimate of drug-likeness (QED) is 0.439. The van der Waals surface area contributed by atoms with Gasteiger partial charge < -0.3 is 6.15 Å². The molecule has 3 radical (unpaired) electrons. The molecular weight excluding hydrogens is 183 g/mol. The summed E-state index contributed by atoms with van der Waals surface area (Å²) in [6, 6.07) is 0. The van der Waals surface area contributed by atoms with E-state index in [0.29, 0.717) is 0 Å². The fourth-order valence-corrected chi connectivity index (χ4v) is 0. The van der Waals surface area contributed by atoms with E-state index in [1.807, 2.05) is 0 Å². The van der Waals surface area contributed by atoms with Crippen LogP contribution in [0.1, 0.15) is 7.43 Å². The van der Waals surface area contributed by atoms with Crippen LogP contribution in [-0.2, 0) is 26.2 Å². The minimum Gasteiger partial charge on any atom is -0.344 e. The van der Waals surface area contributed by atoms with Crippen molar-refractivity contribution in [2.45, 2.75) is 7.43 Å². The summed E-state index contributed by atoms with van der Waals surface area (Å²) >= 11 is 0. The molecule has 5 heteroatoms. The van der Waals surface area contributed by atoms with Crippen LogP contribution in [0.25, 0.3) is 0 Å². The normalized spacial score (nSPS) is 0. The summed E-state index contributed by atoms with van der Waals surface area (Å²) in [5.41, 5.74) is 0. The summed E-state index contributed by atoms with van der Waals surface area (Å²) in [7, 11) is 0. The van der Waals surface area contributed by atoms with Crippen LogP contribution in [-0.4, -0.2) is 36.7 Å². The Bertz CT molecular complexity index is 15.5. The van der Waals surface area contributed by atoms with Gasteiger partial charge in [0.1, 0.15) is 0 Å². The summed E-state index contributed by atoms with van der Waals surface area (Å²) in [6.07, 6.45) is 0. The van der Waals surface area contributed by atoms with Crippen molar-refractivity contribution in [3.8, 4) is 0 Å². The van der Waals surface area contributed by atoms with Gasteiger partial charge in [0.25, 0.3) is 0 Å². The molecule has 0 heterocycles. The maximum atomic E-state index is 0. The van der Waals surface area contributed by atoms with E-state index < -0.39 is 0 Å². The molecule has 0 saturated carbocycles. The zero-order valence-electron chi connectivity index (χ0n) is 1.78. The Balaban J connectivity index is 0. The Hall–Kier alpha value is 1.66. The zero-order chi connectivity index (χ0) is 0. The molecule has 0 aliphatic rings. The van der Waals surface area contributed by atoms with Crippen molar-refractivity contribution >= 4 is 36.7 Å². The van der Waals surface area contributed by atoms with Gasteiger partial charge in [-0.15, -0.1) is 0 Å². The van der Waals surface area contributed by atoms with E-state index in [-0.39, 0.29) is 76.5 Å². The molecule has 0 saturated heterocycles. The van der Waals surface area contributed by atoms with E-state index in [1.165, 1.54) is 0 Å². The Morgan fingerprint density at radius 3 is 1.00 bits per heavy atom. The molecular formula is CH14AlBNSiZr. The molecule has 0 spiro atoms. The van der Waals surface area contributed by atoms with Gasteiger partial charge in [-0.2, -0.15) is 0 Å². The standard InChI is InChI=1S/CH4.Al.B.H3N.H4Si.Zr.3H/h1H4;;;1H3;1H4;;;;. The first-order chi connectivity index (χ1) is 0. The van der Waals surface area contributed by atoms with E-state index in [0.717, 1.165) is 0 Å². The minimum absolute atomic E-state index is 0. The van der Waals surface area contributed by atoms with E-state index >= 15 is 0 Å². The van der Waals surface area contributed by atoms with Gasteiger partial charge >= 0.3 is 0 Å². The Morgan fingerprint density at radius 2 is 1.00 bits per heavy atom. The van der Waals surface area contributed by atoms with E-state index in [9.17, 15) is 0 Å². The largest absolute Gasteiger partial charge is 0.344 e. The SMILES string of the molecule is C.N.[AlH3].[B].[SiH4].[Zr]. The third kappa shape index (κ3) is 44.7. The number of hydrogen-bond donors (Lipinski definition) is 1. The molecule has 0 aliphatic carbocycles. The van der Waals surface area contributed by atoms with Crippen molar-refractivity contribution in [1.29, 1.82) is 0 Å². The summed E-state index contributed by atoms with van der Waals surface area (Å²) in [5.74, 6) is 0. The summed E-state index contributed by atoms with van der Waals surface area (Å²) in [4.78, 5) is 0. The molecule has 0 aliphatic heterocycles. The van der Waals surface area contributed by atoms with Crippen LogP contribution in [0.2, 0.25) is 0 Å². The minimum atomic E-state index is 0. The van der Waals surface area contributed by atoms with Crippen LogP contribution in [0.5, 0.6) is 0 Å². The predicted molar refractivity (Wildman–Crippen MR) is 38.8 cm³/mol. The molecule has 0 fully saturated rings. The van der Waals surface area contributed by atoms with E-state index in [2.05, 4.69) is 0 Å². The van der Waals surface area contributed by atoms with Crippen molar-refractivity contribution in [1.82, 2.24) is 6.15 Å². The molecule has 3 N–H and O–H groups in total. The topological polar surface area (TPSA) is 35.0 Å². The molecule has 0 aromatic carbocycles. The van der Waals surface area contributed by atoms with Crippen molar-refractivity contribution in [3.63, 3.8) is 0 Å². The third-order valence-electron chi connectivity index (χ3n) is 0. The fraction of sp³-hybridized carbons (Fsp3) is 1.00. The molecule has 0 unspecified atom stereocenters. The van der Waals surface area contributed by atoms with Crippen molar-refractivity contribution in [3.05, 3.63) is 0 Å². The van der Waals surface area contributed by atoms with E-state index in [1.54, 1.807) is 0 Å². The second kappa shape index (κ2) is 77.6. The van der Waals surface area contributed by atoms with Gasteiger partial charge in [0, 0.05) is 34.6 Å². The monoisotopic (exact) mass is 196 g/mol. The Kier molecular flexibility index (Phi) is 1600. The summed E-state index contributed by atoms with van der Waals surface area (Å²) in [6.45, 7) is 0. The first-order valence-electron chi connectivity index (χ1n) is 0. The molecule has 0 atom stereocenters. The predicted octanol–water partition coefficient (Wildman–Crippen LogP) is -2.22. The molecule has 0 amide bonds. The maximum Gasteiger partial charge on any atom is 0.187 e. The third-order valence-corrected chi connectivity index (χ3v) is 0. The zero-order valence-corrected chi connectivity index (χ0v) is 4.24. The molecule has 0 rings (SSSR count). The van der Waals surface area contributed by atoms with Gasteiger partial charge in [0.15, 0.2) is 17.4 Å².